The molecule has 0 bridgehead atoms. The summed E-state index contributed by atoms with van der Waals surface area (Å²) in [5, 5.41) is 2.64. The highest BCUT2D eigenvalue weighted by Crippen LogP contribution is 2.18. The first-order chi connectivity index (χ1) is 12.8. The number of rotatable bonds is 4. The van der Waals surface area contributed by atoms with E-state index in [4.69, 9.17) is 11.6 Å². The number of hydrogen-bond donors (Lipinski definition) is 2. The Kier molecular flexibility index (Phi) is 5.76. The molecular weight excluding hydrogens is 373 g/mol. The molecule has 7 nitrogen and oxygen atoms in total. The van der Waals surface area contributed by atoms with Crippen molar-refractivity contribution >= 4 is 23.5 Å². The van der Waals surface area contributed by atoms with Gasteiger partial charge in [-0.2, -0.15) is 0 Å². The quantitative estimate of drug-likeness (QED) is 0.828. The van der Waals surface area contributed by atoms with Gasteiger partial charge in [0.25, 0.3) is 11.5 Å². The minimum absolute atomic E-state index is 0.123. The summed E-state index contributed by atoms with van der Waals surface area (Å²) in [5.41, 5.74) is 0.409. The Morgan fingerprint density at radius 2 is 2.00 bits per heavy atom. The number of halogens is 2. The first-order valence-electron chi connectivity index (χ1n) is 8.64. The number of nitrogens with one attached hydrogen (secondary N) is 2. The van der Waals surface area contributed by atoms with Crippen LogP contribution < -0.4 is 15.8 Å². The molecule has 1 aliphatic rings. The van der Waals surface area contributed by atoms with Gasteiger partial charge in [0.05, 0.1) is 16.8 Å². The van der Waals surface area contributed by atoms with E-state index in [1.54, 1.807) is 6.92 Å². The molecular formula is C18H21ClFN5O2. The number of carbonyl (C=O) groups excluding carboxylic acids is 1. The molecule has 2 N–H and O–H groups in total. The summed E-state index contributed by atoms with van der Waals surface area (Å²) < 4.78 is 13.3. The highest BCUT2D eigenvalue weighted by molar-refractivity contribution is 6.31. The van der Waals surface area contributed by atoms with Crippen molar-refractivity contribution in [2.45, 2.75) is 13.0 Å². The summed E-state index contributed by atoms with van der Waals surface area (Å²) in [6.07, 6.45) is 0. The van der Waals surface area contributed by atoms with E-state index in [1.807, 2.05) is 11.9 Å². The van der Waals surface area contributed by atoms with Crippen LogP contribution in [0.15, 0.2) is 29.1 Å². The van der Waals surface area contributed by atoms with Gasteiger partial charge in [-0.3, -0.25) is 14.6 Å². The van der Waals surface area contributed by atoms with E-state index < -0.39 is 17.8 Å². The Morgan fingerprint density at radius 1 is 1.30 bits per heavy atom. The van der Waals surface area contributed by atoms with Gasteiger partial charge in [0.15, 0.2) is 0 Å². The Hall–Kier alpha value is -2.45. The van der Waals surface area contributed by atoms with Gasteiger partial charge in [-0.05, 0) is 32.2 Å². The molecule has 2 heterocycles. The van der Waals surface area contributed by atoms with Crippen LogP contribution in [0.5, 0.6) is 0 Å². The second-order valence-electron chi connectivity index (χ2n) is 6.61. The normalized spacial score (nSPS) is 16.2. The maximum absolute atomic E-state index is 13.3. The molecule has 1 aromatic carbocycles. The van der Waals surface area contributed by atoms with E-state index in [0.29, 0.717) is 11.6 Å². The number of amides is 1. The van der Waals surface area contributed by atoms with Gasteiger partial charge in [0.1, 0.15) is 5.82 Å². The molecule has 27 heavy (non-hydrogen) atoms. The number of piperazine rings is 1. The van der Waals surface area contributed by atoms with Gasteiger partial charge in [0, 0.05) is 37.8 Å². The van der Waals surface area contributed by atoms with Crippen molar-refractivity contribution in [3.05, 3.63) is 56.7 Å². The molecule has 9 heteroatoms. The smallest absolute Gasteiger partial charge is 0.252 e. The van der Waals surface area contributed by atoms with Crippen molar-refractivity contribution in [1.82, 2.24) is 20.2 Å². The van der Waals surface area contributed by atoms with E-state index in [9.17, 15) is 14.0 Å². The number of H-pyrrole nitrogens is 1. The van der Waals surface area contributed by atoms with Crippen molar-refractivity contribution in [1.29, 1.82) is 0 Å². The third-order valence-corrected chi connectivity index (χ3v) is 4.81. The van der Waals surface area contributed by atoms with Gasteiger partial charge < -0.3 is 15.1 Å². The van der Waals surface area contributed by atoms with Crippen molar-refractivity contribution in [3.8, 4) is 0 Å². The lowest BCUT2D eigenvalue weighted by molar-refractivity contribution is 0.0939. The van der Waals surface area contributed by atoms with Gasteiger partial charge in [-0.15, -0.1) is 0 Å². The number of anilines is 1. The number of likely N-dealkylation sites (N-methyl/N-ethyl adjacent to an activating group) is 1. The lowest BCUT2D eigenvalue weighted by atomic mass is 10.1. The predicted molar refractivity (Wildman–Crippen MR) is 102 cm³/mol. The van der Waals surface area contributed by atoms with Gasteiger partial charge in [-0.25, -0.2) is 9.37 Å². The summed E-state index contributed by atoms with van der Waals surface area (Å²) in [7, 11) is 2.04. The van der Waals surface area contributed by atoms with Crippen LogP contribution >= 0.6 is 11.6 Å². The highest BCUT2D eigenvalue weighted by atomic mass is 35.5. The Bertz CT molecular complexity index is 896. The molecule has 3 rings (SSSR count). The average Bonchev–Trinajstić information content (AvgIpc) is 2.64. The van der Waals surface area contributed by atoms with Crippen LogP contribution in [0.2, 0.25) is 5.02 Å². The molecule has 1 amide bonds. The summed E-state index contributed by atoms with van der Waals surface area (Å²) in [6, 6.07) is 4.61. The lowest BCUT2D eigenvalue weighted by Crippen LogP contribution is -2.45. The molecule has 2 aromatic rings. The standard InChI is InChI=1S/C18H21ClFN5O2/c1-11(21-17(27)12-3-4-14(20)13(19)9-12)15-10-16(26)23-18(22-15)25-7-5-24(2)6-8-25/h3-4,9-11H,5-8H2,1-2H3,(H,21,27)(H,22,23,26)/t11-/m1/s1. The predicted octanol–water partition coefficient (Wildman–Crippen LogP) is 1.81. The summed E-state index contributed by atoms with van der Waals surface area (Å²) in [4.78, 5) is 35.9. The molecule has 0 radical (unpaired) electrons. The highest BCUT2D eigenvalue weighted by Gasteiger charge is 2.19. The van der Waals surface area contributed by atoms with Crippen molar-refractivity contribution in [2.75, 3.05) is 38.1 Å². The summed E-state index contributed by atoms with van der Waals surface area (Å²) >= 11 is 5.73. The molecule has 1 fully saturated rings. The van der Waals surface area contributed by atoms with E-state index in [0.717, 1.165) is 32.2 Å². The molecule has 0 saturated carbocycles. The zero-order valence-electron chi connectivity index (χ0n) is 15.1. The van der Waals surface area contributed by atoms with Crippen LogP contribution in [0.3, 0.4) is 0 Å². The lowest BCUT2D eigenvalue weighted by Gasteiger charge is -2.32. The van der Waals surface area contributed by atoms with E-state index in [1.165, 1.54) is 18.2 Å². The van der Waals surface area contributed by atoms with E-state index in [-0.39, 0.29) is 16.1 Å². The summed E-state index contributed by atoms with van der Waals surface area (Å²) in [6.45, 7) is 5.02. The monoisotopic (exact) mass is 393 g/mol. The Labute approximate surface area is 161 Å². The van der Waals surface area contributed by atoms with Crippen LogP contribution in [0.25, 0.3) is 0 Å². The molecule has 0 spiro atoms. The second-order valence-corrected chi connectivity index (χ2v) is 7.02. The van der Waals surface area contributed by atoms with Crippen LogP contribution in [0.4, 0.5) is 10.3 Å². The van der Waals surface area contributed by atoms with Crippen molar-refractivity contribution in [2.24, 2.45) is 0 Å². The molecule has 0 aliphatic carbocycles. The van der Waals surface area contributed by atoms with Crippen molar-refractivity contribution < 1.29 is 9.18 Å². The minimum Gasteiger partial charge on any atom is -0.344 e. The Balaban J connectivity index is 1.76. The second kappa shape index (κ2) is 8.06. The van der Waals surface area contributed by atoms with Crippen LogP contribution in [-0.2, 0) is 0 Å². The molecule has 0 unspecified atom stereocenters. The van der Waals surface area contributed by atoms with Gasteiger partial charge >= 0.3 is 0 Å². The Morgan fingerprint density at radius 3 is 2.67 bits per heavy atom. The fourth-order valence-electron chi connectivity index (χ4n) is 2.84. The van der Waals surface area contributed by atoms with Crippen LogP contribution in [0, 0.1) is 5.82 Å². The average molecular weight is 394 g/mol. The molecule has 1 aromatic heterocycles. The number of carbonyl (C=O) groups is 1. The number of nitrogens with zero attached hydrogens (tertiary/aromatic N) is 3. The maximum atomic E-state index is 13.3. The maximum Gasteiger partial charge on any atom is 0.252 e. The first kappa shape index (κ1) is 19.3. The zero-order chi connectivity index (χ0) is 19.6. The van der Waals surface area contributed by atoms with Crippen molar-refractivity contribution in [3.63, 3.8) is 0 Å². The van der Waals surface area contributed by atoms with Gasteiger partial charge in [0.2, 0.25) is 5.95 Å². The van der Waals surface area contributed by atoms with E-state index in [2.05, 4.69) is 20.2 Å². The van der Waals surface area contributed by atoms with Gasteiger partial charge in [-0.1, -0.05) is 11.6 Å². The topological polar surface area (TPSA) is 81.3 Å². The molecule has 144 valence electrons. The summed E-state index contributed by atoms with van der Waals surface area (Å²) in [5.74, 6) is -0.515. The fourth-order valence-corrected chi connectivity index (χ4v) is 3.02. The SMILES string of the molecule is C[C@@H](NC(=O)c1ccc(F)c(Cl)c1)c1cc(=O)[nH]c(N2CCN(C)CC2)n1. The largest absolute Gasteiger partial charge is 0.344 e. The van der Waals surface area contributed by atoms with Crippen LogP contribution in [0.1, 0.15) is 29.0 Å². The number of aromatic nitrogens is 2. The fraction of sp³-hybridized carbons (Fsp3) is 0.389. The van der Waals surface area contributed by atoms with E-state index >= 15 is 0 Å². The molecule has 1 aliphatic heterocycles. The number of benzene rings is 1. The molecule has 1 saturated heterocycles. The zero-order valence-corrected chi connectivity index (χ0v) is 15.9. The minimum atomic E-state index is -0.589. The van der Waals surface area contributed by atoms with Crippen LogP contribution in [-0.4, -0.2) is 54.0 Å². The number of hydrogen-bond acceptors (Lipinski definition) is 5. The first-order valence-corrected chi connectivity index (χ1v) is 9.02. The third kappa shape index (κ3) is 4.64. The third-order valence-electron chi connectivity index (χ3n) is 4.52. The molecule has 1 atom stereocenters. The number of aromatic amines is 1.